The molecule has 0 aromatic carbocycles. The fraction of sp³-hybridized carbons (Fsp3) is 0.375. The molecule has 0 saturated carbocycles. The lowest BCUT2D eigenvalue weighted by molar-refractivity contribution is -0.117. The van der Waals surface area contributed by atoms with Crippen molar-refractivity contribution in [3.63, 3.8) is 0 Å². The first-order valence-corrected chi connectivity index (χ1v) is 4.93. The number of pyridine rings is 1. The number of nitrogen functional groups attached to an aromatic ring is 1. The molecule has 8 heteroatoms. The SMILES string of the molecule is Nc1cc(Br)cnc1NCC(F)(F)C(F)F. The topological polar surface area (TPSA) is 50.9 Å². The van der Waals surface area contributed by atoms with Crippen LogP contribution in [0.1, 0.15) is 0 Å². The van der Waals surface area contributed by atoms with Crippen molar-refractivity contribution in [3.8, 4) is 0 Å². The number of rotatable bonds is 4. The van der Waals surface area contributed by atoms with Gasteiger partial charge in [-0.3, -0.25) is 0 Å². The number of alkyl halides is 4. The van der Waals surface area contributed by atoms with Gasteiger partial charge < -0.3 is 11.1 Å². The molecule has 0 saturated heterocycles. The Morgan fingerprint density at radius 3 is 2.62 bits per heavy atom. The number of nitrogens with zero attached hydrogens (tertiary/aromatic N) is 1. The summed E-state index contributed by atoms with van der Waals surface area (Å²) in [5.74, 6) is -4.16. The van der Waals surface area contributed by atoms with Gasteiger partial charge in [-0.2, -0.15) is 8.78 Å². The molecule has 0 spiro atoms. The highest BCUT2D eigenvalue weighted by Gasteiger charge is 2.40. The summed E-state index contributed by atoms with van der Waals surface area (Å²) in [5, 5.41) is 2.07. The first-order valence-electron chi connectivity index (χ1n) is 4.14. The van der Waals surface area contributed by atoms with Crippen molar-refractivity contribution >= 4 is 27.4 Å². The Kier molecular flexibility index (Phi) is 3.95. The van der Waals surface area contributed by atoms with Crippen molar-refractivity contribution < 1.29 is 17.6 Å². The first-order chi connectivity index (χ1) is 7.33. The van der Waals surface area contributed by atoms with Crippen molar-refractivity contribution in [2.45, 2.75) is 12.3 Å². The smallest absolute Gasteiger partial charge is 0.324 e. The molecule has 3 nitrogen and oxygen atoms in total. The molecule has 1 aromatic rings. The van der Waals surface area contributed by atoms with E-state index >= 15 is 0 Å². The van der Waals surface area contributed by atoms with Crippen LogP contribution < -0.4 is 11.1 Å². The van der Waals surface area contributed by atoms with Crippen LogP contribution in [-0.2, 0) is 0 Å². The molecule has 0 atom stereocenters. The number of nitrogens with one attached hydrogen (secondary N) is 1. The van der Waals surface area contributed by atoms with Crippen molar-refractivity contribution in [3.05, 3.63) is 16.7 Å². The molecule has 1 aromatic heterocycles. The number of hydrogen-bond donors (Lipinski definition) is 2. The van der Waals surface area contributed by atoms with Crippen LogP contribution in [0.25, 0.3) is 0 Å². The van der Waals surface area contributed by atoms with E-state index < -0.39 is 18.9 Å². The minimum Gasteiger partial charge on any atom is -0.396 e. The zero-order valence-electron chi connectivity index (χ0n) is 7.85. The molecular formula is C8H8BrF4N3. The predicted octanol–water partition coefficient (Wildman–Crippen LogP) is 2.74. The van der Waals surface area contributed by atoms with E-state index in [0.717, 1.165) is 0 Å². The summed E-state index contributed by atoms with van der Waals surface area (Å²) >= 11 is 3.07. The summed E-state index contributed by atoms with van der Waals surface area (Å²) in [4.78, 5) is 3.68. The molecular weight excluding hydrogens is 294 g/mol. The first kappa shape index (κ1) is 13.0. The van der Waals surface area contributed by atoms with Crippen molar-refractivity contribution in [2.24, 2.45) is 0 Å². The standard InChI is InChI=1S/C8H8BrF4N3/c9-4-1-5(14)6(15-2-4)16-3-8(12,13)7(10)11/h1-2,7H,3,14H2,(H,15,16). The van der Waals surface area contributed by atoms with Gasteiger partial charge in [-0.15, -0.1) is 0 Å². The minimum absolute atomic E-state index is 0.0523. The van der Waals surface area contributed by atoms with Crippen LogP contribution in [0, 0.1) is 0 Å². The van der Waals surface area contributed by atoms with E-state index in [9.17, 15) is 17.6 Å². The summed E-state index contributed by atoms with van der Waals surface area (Å²) in [5.41, 5.74) is 5.54. The summed E-state index contributed by atoms with van der Waals surface area (Å²) in [7, 11) is 0. The van der Waals surface area contributed by atoms with E-state index in [-0.39, 0.29) is 11.5 Å². The molecule has 0 radical (unpaired) electrons. The molecule has 90 valence electrons. The van der Waals surface area contributed by atoms with Gasteiger partial charge >= 0.3 is 12.3 Å². The third-order valence-corrected chi connectivity index (χ3v) is 2.13. The van der Waals surface area contributed by atoms with Crippen LogP contribution in [0.15, 0.2) is 16.7 Å². The molecule has 0 bridgehead atoms. The molecule has 0 aliphatic carbocycles. The quantitative estimate of drug-likeness (QED) is 0.841. The lowest BCUT2D eigenvalue weighted by Gasteiger charge is -2.16. The van der Waals surface area contributed by atoms with Crippen LogP contribution in [0.3, 0.4) is 0 Å². The van der Waals surface area contributed by atoms with Gasteiger partial charge in [0.15, 0.2) is 0 Å². The van der Waals surface area contributed by atoms with Gasteiger partial charge in [0.05, 0.1) is 12.2 Å². The minimum atomic E-state index is -4.11. The van der Waals surface area contributed by atoms with Gasteiger partial charge in [-0.05, 0) is 22.0 Å². The van der Waals surface area contributed by atoms with Gasteiger partial charge in [0.2, 0.25) is 0 Å². The molecule has 16 heavy (non-hydrogen) atoms. The second-order valence-corrected chi connectivity index (χ2v) is 3.92. The third-order valence-electron chi connectivity index (χ3n) is 1.69. The molecule has 0 aliphatic rings. The lowest BCUT2D eigenvalue weighted by atomic mass is 10.3. The maximum absolute atomic E-state index is 12.6. The van der Waals surface area contributed by atoms with Gasteiger partial charge in [0.25, 0.3) is 0 Å². The Hall–Kier alpha value is -1.05. The third kappa shape index (κ3) is 3.22. The molecule has 0 aliphatic heterocycles. The Morgan fingerprint density at radius 2 is 2.12 bits per heavy atom. The summed E-state index contributed by atoms with van der Waals surface area (Å²) < 4.78 is 49.3. The van der Waals surface area contributed by atoms with Gasteiger partial charge in [0, 0.05) is 10.7 Å². The van der Waals surface area contributed by atoms with E-state index in [0.29, 0.717) is 4.47 Å². The number of nitrogens with two attached hydrogens (primary N) is 1. The summed E-state index contributed by atoms with van der Waals surface area (Å²) in [6, 6.07) is 1.43. The Balaban J connectivity index is 2.68. The summed E-state index contributed by atoms with van der Waals surface area (Å²) in [6.07, 6.45) is -2.41. The lowest BCUT2D eigenvalue weighted by Crippen LogP contribution is -2.35. The zero-order valence-corrected chi connectivity index (χ0v) is 9.44. The van der Waals surface area contributed by atoms with Gasteiger partial charge in [0.1, 0.15) is 5.82 Å². The predicted molar refractivity (Wildman–Crippen MR) is 55.8 cm³/mol. The van der Waals surface area contributed by atoms with Gasteiger partial charge in [-0.25, -0.2) is 13.8 Å². The van der Waals surface area contributed by atoms with Crippen molar-refractivity contribution in [2.75, 3.05) is 17.6 Å². The molecule has 1 rings (SSSR count). The highest BCUT2D eigenvalue weighted by molar-refractivity contribution is 9.10. The largest absolute Gasteiger partial charge is 0.396 e. The average Bonchev–Trinajstić information content (AvgIpc) is 2.16. The maximum atomic E-state index is 12.6. The van der Waals surface area contributed by atoms with Crippen molar-refractivity contribution in [1.29, 1.82) is 0 Å². The van der Waals surface area contributed by atoms with E-state index in [4.69, 9.17) is 5.73 Å². The number of anilines is 2. The highest BCUT2D eigenvalue weighted by atomic mass is 79.9. The fourth-order valence-corrected chi connectivity index (χ4v) is 1.23. The number of halogens is 5. The van der Waals surface area contributed by atoms with Crippen molar-refractivity contribution in [1.82, 2.24) is 4.98 Å². The van der Waals surface area contributed by atoms with E-state index in [1.807, 2.05) is 0 Å². The average molecular weight is 302 g/mol. The number of aromatic nitrogens is 1. The maximum Gasteiger partial charge on any atom is 0.324 e. The van der Waals surface area contributed by atoms with Crippen LogP contribution in [-0.4, -0.2) is 23.9 Å². The number of hydrogen-bond acceptors (Lipinski definition) is 3. The molecule has 0 unspecified atom stereocenters. The second kappa shape index (κ2) is 4.86. The highest BCUT2D eigenvalue weighted by Crippen LogP contribution is 2.25. The zero-order chi connectivity index (χ0) is 12.3. The second-order valence-electron chi connectivity index (χ2n) is 3.01. The van der Waals surface area contributed by atoms with E-state index in [1.54, 1.807) is 0 Å². The van der Waals surface area contributed by atoms with Crippen LogP contribution in [0.4, 0.5) is 29.1 Å². The molecule has 1 heterocycles. The fourth-order valence-electron chi connectivity index (χ4n) is 0.881. The summed E-state index contributed by atoms with van der Waals surface area (Å²) in [6.45, 7) is -1.22. The van der Waals surface area contributed by atoms with Gasteiger partial charge in [-0.1, -0.05) is 0 Å². The monoisotopic (exact) mass is 301 g/mol. The Labute approximate surface area is 97.2 Å². The van der Waals surface area contributed by atoms with Crippen LogP contribution in [0.2, 0.25) is 0 Å². The normalized spacial score (nSPS) is 11.9. The van der Waals surface area contributed by atoms with E-state index in [2.05, 4.69) is 26.2 Å². The molecule has 0 fully saturated rings. The molecule has 3 N–H and O–H groups in total. The van der Waals surface area contributed by atoms with Crippen LogP contribution in [0.5, 0.6) is 0 Å². The molecule has 0 amide bonds. The Bertz CT molecular complexity index is 372. The van der Waals surface area contributed by atoms with E-state index in [1.165, 1.54) is 12.3 Å². The van der Waals surface area contributed by atoms with Crippen LogP contribution >= 0.6 is 15.9 Å². The Morgan fingerprint density at radius 1 is 1.50 bits per heavy atom.